The molecular formula is C12H16N2. The molecule has 0 aliphatic heterocycles. The molecule has 74 valence electrons. The maximum Gasteiger partial charge on any atom is 0.0951 e. The number of hydrogen-bond acceptors (Lipinski definition) is 2. The number of benzene rings is 1. The lowest BCUT2D eigenvalue weighted by atomic mass is 10.2. The van der Waals surface area contributed by atoms with Crippen LogP contribution in [0.25, 0.3) is 0 Å². The highest BCUT2D eigenvalue weighted by Crippen LogP contribution is 2.11. The van der Waals surface area contributed by atoms with Gasteiger partial charge >= 0.3 is 0 Å². The van der Waals surface area contributed by atoms with Gasteiger partial charge in [-0.15, -0.1) is 0 Å². The van der Waals surface area contributed by atoms with Crippen molar-refractivity contribution in [3.8, 4) is 0 Å². The fourth-order valence-electron chi connectivity index (χ4n) is 0.896. The van der Waals surface area contributed by atoms with Crippen LogP contribution < -0.4 is 0 Å². The van der Waals surface area contributed by atoms with E-state index in [9.17, 15) is 0 Å². The molecule has 0 amide bonds. The number of aryl methyl sites for hydroxylation is 1. The molecule has 0 fully saturated rings. The number of hydrogen-bond donors (Lipinski definition) is 0. The molecule has 0 saturated heterocycles. The predicted octanol–water partition coefficient (Wildman–Crippen LogP) is 3.60. The van der Waals surface area contributed by atoms with Gasteiger partial charge in [0, 0.05) is 0 Å². The van der Waals surface area contributed by atoms with Crippen LogP contribution in [0.5, 0.6) is 0 Å². The highest BCUT2D eigenvalue weighted by molar-refractivity contribution is 5.52. The van der Waals surface area contributed by atoms with E-state index in [1.807, 2.05) is 24.3 Å². The average Bonchev–Trinajstić information content (AvgIpc) is 2.21. The van der Waals surface area contributed by atoms with E-state index in [1.165, 1.54) is 5.56 Å². The van der Waals surface area contributed by atoms with Gasteiger partial charge in [-0.25, -0.2) is 4.99 Å². The fourth-order valence-corrected chi connectivity index (χ4v) is 0.896. The Balaban J connectivity index is 2.68. The van der Waals surface area contributed by atoms with E-state index in [-0.39, 0.29) is 0 Å². The van der Waals surface area contributed by atoms with Crippen LogP contribution in [-0.2, 0) is 0 Å². The van der Waals surface area contributed by atoms with Crippen molar-refractivity contribution >= 4 is 11.7 Å². The zero-order chi connectivity index (χ0) is 10.4. The summed E-state index contributed by atoms with van der Waals surface area (Å²) < 4.78 is 0. The van der Waals surface area contributed by atoms with E-state index >= 15 is 0 Å². The largest absolute Gasteiger partial charge is 0.222 e. The Labute approximate surface area is 85.4 Å². The van der Waals surface area contributed by atoms with Gasteiger partial charge in [0.15, 0.2) is 0 Å². The van der Waals surface area contributed by atoms with E-state index in [2.05, 4.69) is 36.8 Å². The summed E-state index contributed by atoms with van der Waals surface area (Å²) in [6.45, 7) is 6.21. The Kier molecular flexibility index (Phi) is 4.09. The Morgan fingerprint density at radius 2 is 1.93 bits per heavy atom. The molecule has 2 nitrogen and oxygen atoms in total. The molecule has 0 heterocycles. The molecule has 0 spiro atoms. The van der Waals surface area contributed by atoms with Crippen molar-refractivity contribution < 1.29 is 0 Å². The maximum atomic E-state index is 4.14. The predicted molar refractivity (Wildman–Crippen MR) is 60.5 cm³/mol. The van der Waals surface area contributed by atoms with Gasteiger partial charge in [0.05, 0.1) is 17.7 Å². The Hall–Kier alpha value is -1.40. The van der Waals surface area contributed by atoms with Crippen molar-refractivity contribution in [2.45, 2.75) is 33.2 Å². The lowest BCUT2D eigenvalue weighted by Crippen LogP contribution is -1.91. The van der Waals surface area contributed by atoms with Crippen molar-refractivity contribution in [1.29, 1.82) is 0 Å². The Morgan fingerprint density at radius 3 is 2.50 bits per heavy atom. The highest BCUT2D eigenvalue weighted by Gasteiger charge is 1.90. The monoisotopic (exact) mass is 188 g/mol. The smallest absolute Gasteiger partial charge is 0.0951 e. The third-order valence-corrected chi connectivity index (χ3v) is 2.08. The summed E-state index contributed by atoms with van der Waals surface area (Å²) in [4.78, 5) is 8.26. The van der Waals surface area contributed by atoms with Crippen molar-refractivity contribution in [1.82, 2.24) is 0 Å². The highest BCUT2D eigenvalue weighted by atomic mass is 14.8. The first-order valence-corrected chi connectivity index (χ1v) is 4.94. The number of aliphatic imine (C=N–C) groups is 2. The summed E-state index contributed by atoms with van der Waals surface area (Å²) in [5.74, 6) is 0. The quantitative estimate of drug-likeness (QED) is 0.647. The molecule has 0 aliphatic rings. The zero-order valence-corrected chi connectivity index (χ0v) is 8.99. The minimum Gasteiger partial charge on any atom is -0.222 e. The molecule has 0 bridgehead atoms. The van der Waals surface area contributed by atoms with E-state index in [0.717, 1.165) is 12.1 Å². The number of rotatable bonds is 3. The van der Waals surface area contributed by atoms with Crippen LogP contribution in [0.1, 0.15) is 25.8 Å². The van der Waals surface area contributed by atoms with Gasteiger partial charge in [-0.05, 0) is 32.4 Å². The van der Waals surface area contributed by atoms with Crippen LogP contribution in [0.4, 0.5) is 5.69 Å². The molecule has 0 saturated carbocycles. The molecule has 1 atom stereocenters. The zero-order valence-electron chi connectivity index (χ0n) is 8.99. The molecule has 0 aromatic heterocycles. The van der Waals surface area contributed by atoms with Crippen molar-refractivity contribution in [3.63, 3.8) is 0 Å². The standard InChI is InChI=1S/C12H16N2/c1-4-11(3)13-9-14-12-7-5-10(2)6-8-12/h5-8,11H,4H2,1-3H3. The van der Waals surface area contributed by atoms with Crippen molar-refractivity contribution in [2.24, 2.45) is 9.98 Å². The summed E-state index contributed by atoms with van der Waals surface area (Å²) in [5.41, 5.74) is 2.14. The summed E-state index contributed by atoms with van der Waals surface area (Å²) in [5, 5.41) is 0. The molecule has 2 heteroatoms. The Morgan fingerprint density at radius 1 is 1.29 bits per heavy atom. The first-order chi connectivity index (χ1) is 6.72. The van der Waals surface area contributed by atoms with Crippen LogP contribution >= 0.6 is 0 Å². The normalized spacial score (nSPS) is 11.6. The molecule has 0 N–H and O–H groups in total. The third kappa shape index (κ3) is 3.55. The van der Waals surface area contributed by atoms with Crippen LogP contribution in [0, 0.1) is 6.92 Å². The van der Waals surface area contributed by atoms with Crippen LogP contribution in [-0.4, -0.2) is 12.1 Å². The first-order valence-electron chi connectivity index (χ1n) is 4.94. The maximum absolute atomic E-state index is 4.14. The van der Waals surface area contributed by atoms with Gasteiger partial charge < -0.3 is 0 Å². The lowest BCUT2D eigenvalue weighted by molar-refractivity contribution is 0.721. The molecule has 1 unspecified atom stereocenters. The third-order valence-electron chi connectivity index (χ3n) is 2.08. The second kappa shape index (κ2) is 5.36. The molecular weight excluding hydrogens is 172 g/mol. The Bertz CT molecular complexity index is 332. The lowest BCUT2D eigenvalue weighted by Gasteiger charge is -1.94. The van der Waals surface area contributed by atoms with Gasteiger partial charge in [0.2, 0.25) is 0 Å². The van der Waals surface area contributed by atoms with Gasteiger partial charge in [0.25, 0.3) is 0 Å². The van der Waals surface area contributed by atoms with Crippen molar-refractivity contribution in [3.05, 3.63) is 29.8 Å². The minimum absolute atomic E-state index is 0.309. The minimum atomic E-state index is 0.309. The van der Waals surface area contributed by atoms with Gasteiger partial charge in [-0.3, -0.25) is 0 Å². The molecule has 0 radical (unpaired) electrons. The summed E-state index contributed by atoms with van der Waals surface area (Å²) >= 11 is 0. The molecule has 14 heavy (non-hydrogen) atoms. The van der Waals surface area contributed by atoms with Gasteiger partial charge in [-0.2, -0.15) is 4.99 Å². The SMILES string of the molecule is CCC(C)N=C=Nc1ccc(C)cc1. The second-order valence-corrected chi connectivity index (χ2v) is 3.43. The summed E-state index contributed by atoms with van der Waals surface area (Å²) in [7, 11) is 0. The van der Waals surface area contributed by atoms with E-state index in [0.29, 0.717) is 6.04 Å². The van der Waals surface area contributed by atoms with Crippen molar-refractivity contribution in [2.75, 3.05) is 0 Å². The fraction of sp³-hybridized carbons (Fsp3) is 0.417. The van der Waals surface area contributed by atoms with E-state index in [4.69, 9.17) is 0 Å². The molecule has 1 aromatic carbocycles. The molecule has 1 aromatic rings. The van der Waals surface area contributed by atoms with Gasteiger partial charge in [0.1, 0.15) is 0 Å². The van der Waals surface area contributed by atoms with Crippen LogP contribution in [0.15, 0.2) is 34.3 Å². The number of nitrogens with zero attached hydrogens (tertiary/aromatic N) is 2. The summed E-state index contributed by atoms with van der Waals surface area (Å²) in [6.07, 6.45) is 1.02. The molecule has 1 rings (SSSR count). The van der Waals surface area contributed by atoms with Gasteiger partial charge in [-0.1, -0.05) is 24.6 Å². The topological polar surface area (TPSA) is 24.7 Å². The summed E-state index contributed by atoms with van der Waals surface area (Å²) in [6, 6.07) is 11.0. The second-order valence-electron chi connectivity index (χ2n) is 3.43. The first kappa shape index (κ1) is 10.7. The average molecular weight is 188 g/mol. The van der Waals surface area contributed by atoms with E-state index < -0.39 is 0 Å². The van der Waals surface area contributed by atoms with Crippen LogP contribution in [0.2, 0.25) is 0 Å². The van der Waals surface area contributed by atoms with Crippen LogP contribution in [0.3, 0.4) is 0 Å². The molecule has 0 aliphatic carbocycles. The van der Waals surface area contributed by atoms with E-state index in [1.54, 1.807) is 0 Å².